The molecule has 15 heteroatoms. The minimum absolute atomic E-state index is 0. The van der Waals surface area contributed by atoms with Gasteiger partial charge < -0.3 is 26.4 Å². The summed E-state index contributed by atoms with van der Waals surface area (Å²) in [6.45, 7) is 13.9. The largest absolute Gasteiger partial charge is 0.476 e. The summed E-state index contributed by atoms with van der Waals surface area (Å²) in [5.74, 6) is 4.12. The van der Waals surface area contributed by atoms with Gasteiger partial charge in [0, 0.05) is 23.2 Å². The summed E-state index contributed by atoms with van der Waals surface area (Å²) in [6.07, 6.45) is 22.1. The third-order valence-corrected chi connectivity index (χ3v) is 22.6. The molecule has 0 aliphatic heterocycles. The number of benzene rings is 2. The number of aliphatic hydroxyl groups is 2. The molecule has 440 valence electrons. The van der Waals surface area contributed by atoms with Crippen LogP contribution in [0.5, 0.6) is 0 Å². The van der Waals surface area contributed by atoms with Gasteiger partial charge in [-0.2, -0.15) is 19.8 Å². The Labute approximate surface area is 477 Å². The third kappa shape index (κ3) is 12.0. The smallest absolute Gasteiger partial charge is 0.358 e. The van der Waals surface area contributed by atoms with E-state index in [-0.39, 0.29) is 86.9 Å². The van der Waals surface area contributed by atoms with Crippen molar-refractivity contribution in [3.05, 3.63) is 84.4 Å². The number of nitrogens with one attached hydrogen (secondary N) is 1. The molecule has 12 rings (SSSR count). The number of carboxylic acids is 1. The van der Waals surface area contributed by atoms with Gasteiger partial charge in [-0.3, -0.25) is 14.4 Å². The van der Waals surface area contributed by atoms with Gasteiger partial charge >= 0.3 is 5.97 Å². The summed E-state index contributed by atoms with van der Waals surface area (Å²) < 4.78 is 0. The zero-order valence-electron chi connectivity index (χ0n) is 46.6. The first-order valence-corrected chi connectivity index (χ1v) is 29.2. The number of carbonyl (C=O) groups excluding carboxylic acids is 3. The number of rotatable bonds is 9. The van der Waals surface area contributed by atoms with Crippen molar-refractivity contribution >= 4 is 34.8 Å². The Morgan fingerprint density at radius 2 is 0.950 bits per heavy atom. The number of aromatic nitrogens is 6. The fourth-order valence-corrected chi connectivity index (χ4v) is 18.5. The van der Waals surface area contributed by atoms with Crippen molar-refractivity contribution in [3.8, 4) is 0 Å². The Morgan fingerprint density at radius 1 is 0.537 bits per heavy atom. The van der Waals surface area contributed by atoms with Crippen LogP contribution in [0.4, 0.5) is 11.4 Å². The van der Waals surface area contributed by atoms with E-state index in [1.807, 2.05) is 74.5 Å². The van der Waals surface area contributed by atoms with Crippen LogP contribution in [0.25, 0.3) is 0 Å². The number of nitrogens with two attached hydrogens (primary N) is 1. The number of Topliss-reactive ketones (excluding diaryl/α,β-unsaturated/α-hetero) is 2. The summed E-state index contributed by atoms with van der Waals surface area (Å²) in [7, 11) is 0. The molecule has 16 atom stereocenters. The van der Waals surface area contributed by atoms with Gasteiger partial charge in [-0.05, 0) is 223 Å². The maximum absolute atomic E-state index is 13.6. The molecule has 6 N–H and O–H groups in total. The molecule has 1 amide bonds. The molecule has 4 aromatic rings. The fraction of sp³-hybridized carbons (Fsp3) is 0.692. The Kier molecular flexibility index (Phi) is 18.6. The SMILES string of the molecule is C.C.C.C[C@@]1(O)CC[C@@]2(C)[C@H](CC[C@@H]3[C@@H]2CC[C@]2(C)[C@@H](C(=O)Cn4ncc(C(=O)Nc5ccccc5)n4)CC[C@@H]32)C1.C[C@@]1(O)CC[C@@]2(C)[C@H](CC[C@@H]3[C@@H]2CC[C@]2(C)[C@@H](C(=O)Cn4ncc(C(=O)O)n4)CC[C@@H]32)C1.Nc1ccccc1. The Bertz CT molecular complexity index is 2780. The van der Waals surface area contributed by atoms with Gasteiger partial charge in [-0.1, -0.05) is 86.4 Å². The molecule has 8 aliphatic rings. The van der Waals surface area contributed by atoms with Gasteiger partial charge in [-0.15, -0.1) is 10.2 Å². The monoisotopic (exact) mass is 1100 g/mol. The summed E-state index contributed by atoms with van der Waals surface area (Å²) in [6, 6.07) is 18.7. The predicted octanol–water partition coefficient (Wildman–Crippen LogP) is 12.6. The Morgan fingerprint density at radius 3 is 1.36 bits per heavy atom. The number of hydrogen-bond donors (Lipinski definition) is 5. The second-order valence-electron chi connectivity index (χ2n) is 27.1. The number of para-hydroxylation sites is 2. The van der Waals surface area contributed by atoms with Crippen LogP contribution in [0.3, 0.4) is 0 Å². The lowest BCUT2D eigenvalue weighted by Crippen LogP contribution is -2.55. The number of amides is 1. The highest BCUT2D eigenvalue weighted by Gasteiger charge is 2.63. The van der Waals surface area contributed by atoms with E-state index in [2.05, 4.69) is 53.4 Å². The maximum atomic E-state index is 13.6. The highest BCUT2D eigenvalue weighted by molar-refractivity contribution is 6.02. The van der Waals surface area contributed by atoms with Gasteiger partial charge in [0.1, 0.15) is 13.1 Å². The number of hydrogen-bond acceptors (Lipinski definition) is 11. The van der Waals surface area contributed by atoms with Gasteiger partial charge in [0.05, 0.1) is 23.6 Å². The number of anilines is 2. The lowest BCUT2D eigenvalue weighted by molar-refractivity contribution is -0.151. The summed E-state index contributed by atoms with van der Waals surface area (Å²) in [5.41, 5.74) is 6.65. The molecule has 2 aromatic carbocycles. The van der Waals surface area contributed by atoms with Crippen LogP contribution in [0, 0.1) is 80.8 Å². The van der Waals surface area contributed by atoms with E-state index in [4.69, 9.17) is 10.8 Å². The number of aromatic carboxylic acids is 1. The van der Waals surface area contributed by atoms with Gasteiger partial charge in [-0.25, -0.2) is 4.79 Å². The van der Waals surface area contributed by atoms with Crippen LogP contribution in [0.2, 0.25) is 0 Å². The van der Waals surface area contributed by atoms with E-state index in [1.165, 1.54) is 60.5 Å². The van der Waals surface area contributed by atoms with Crippen molar-refractivity contribution < 1.29 is 34.5 Å². The van der Waals surface area contributed by atoms with E-state index < -0.39 is 17.2 Å². The molecule has 0 spiro atoms. The van der Waals surface area contributed by atoms with Crippen molar-refractivity contribution in [2.75, 3.05) is 11.1 Å². The Balaban J connectivity index is 0.000000201. The Hall–Kier alpha value is -5.28. The van der Waals surface area contributed by atoms with Crippen molar-refractivity contribution in [3.63, 3.8) is 0 Å². The molecule has 8 saturated carbocycles. The average molecular weight is 1100 g/mol. The topological polar surface area (TPSA) is 228 Å². The molecular formula is C65H98N8O7. The molecule has 8 aliphatic carbocycles. The minimum Gasteiger partial charge on any atom is -0.476 e. The zero-order chi connectivity index (χ0) is 54.7. The van der Waals surface area contributed by atoms with Crippen molar-refractivity contribution in [1.29, 1.82) is 0 Å². The third-order valence-electron chi connectivity index (χ3n) is 22.6. The predicted molar refractivity (Wildman–Crippen MR) is 314 cm³/mol. The number of nitrogen functional groups attached to an aromatic ring is 1. The van der Waals surface area contributed by atoms with E-state index in [9.17, 15) is 29.4 Å². The summed E-state index contributed by atoms with van der Waals surface area (Å²) in [4.78, 5) is 53.2. The first kappa shape index (κ1) is 62.3. The first-order valence-electron chi connectivity index (χ1n) is 29.2. The molecule has 15 nitrogen and oxygen atoms in total. The molecule has 80 heavy (non-hydrogen) atoms. The molecule has 8 fully saturated rings. The second kappa shape index (κ2) is 23.9. The van der Waals surface area contributed by atoms with Crippen molar-refractivity contribution in [2.45, 2.75) is 204 Å². The fourth-order valence-electron chi connectivity index (χ4n) is 18.5. The molecule has 2 heterocycles. The van der Waals surface area contributed by atoms with E-state index >= 15 is 0 Å². The van der Waals surface area contributed by atoms with Crippen LogP contribution >= 0.6 is 0 Å². The molecule has 0 unspecified atom stereocenters. The maximum Gasteiger partial charge on any atom is 0.358 e. The number of fused-ring (bicyclic) bond motifs is 10. The van der Waals surface area contributed by atoms with Crippen LogP contribution in [0.1, 0.15) is 200 Å². The minimum atomic E-state index is -1.12. The van der Waals surface area contributed by atoms with E-state index in [0.717, 1.165) is 82.7 Å². The van der Waals surface area contributed by atoms with Gasteiger partial charge in [0.15, 0.2) is 23.0 Å². The molecule has 2 aromatic heterocycles. The summed E-state index contributed by atoms with van der Waals surface area (Å²) in [5, 5.41) is 49.8. The van der Waals surface area contributed by atoms with Crippen LogP contribution < -0.4 is 11.1 Å². The average Bonchev–Trinajstić information content (AvgIpc) is 4.22. The molecular weight excluding hydrogens is 1000 g/mol. The van der Waals surface area contributed by atoms with Crippen LogP contribution in [-0.4, -0.2) is 80.0 Å². The molecule has 0 radical (unpaired) electrons. The van der Waals surface area contributed by atoms with Crippen LogP contribution in [0.15, 0.2) is 73.1 Å². The highest BCUT2D eigenvalue weighted by atomic mass is 16.4. The lowest BCUT2D eigenvalue weighted by atomic mass is 9.44. The normalized spacial score (nSPS) is 38.0. The zero-order valence-corrected chi connectivity index (χ0v) is 46.6. The first-order chi connectivity index (χ1) is 36.5. The number of carbonyl (C=O) groups is 4. The summed E-state index contributed by atoms with van der Waals surface area (Å²) >= 11 is 0. The lowest BCUT2D eigenvalue weighted by Gasteiger charge is -2.61. The standard InChI is InChI=1S/C31H42N4O3.C25H37N3O4.C6H7N.3CH4/c1-29(38)15-16-30(2)20(17-29)9-10-22-23-11-12-25(31(23,3)14-13-24(22)30)27(36)19-35-32-18-26(34-35)28(37)33-21-7-5-4-6-8-21;1-23(32)10-11-24(2)15(12-23)4-5-16-17-6-7-19(25(17,3)9-8-18(16)24)21(29)14-28-26-13-20(27-28)22(30)31;7-6-4-2-1-3-5-6;;;/h4-8,18,20,22-25,38H,9-17,19H2,1-3H3,(H,33,37);13,15-19,32H,4-12,14H2,1-3H3,(H,30,31);1-5H,7H2;3*1H4/t20-,22+,23+,24+,25-,29-,30+,31+;15-,16+,17+,18+,19-,23-,24+,25+;;;;/m11..../s1. The molecule has 0 bridgehead atoms. The highest BCUT2D eigenvalue weighted by Crippen LogP contribution is 2.70. The number of nitrogens with zero attached hydrogens (tertiary/aromatic N) is 6. The van der Waals surface area contributed by atoms with Gasteiger partial charge in [0.25, 0.3) is 5.91 Å². The van der Waals surface area contributed by atoms with E-state index in [1.54, 1.807) is 0 Å². The van der Waals surface area contributed by atoms with Crippen molar-refractivity contribution in [2.24, 2.45) is 80.8 Å². The number of carboxylic acid groups (broad SMARTS) is 1. The number of ketones is 2. The molecule has 0 saturated heterocycles. The second-order valence-corrected chi connectivity index (χ2v) is 27.1. The van der Waals surface area contributed by atoms with Gasteiger partial charge in [0.2, 0.25) is 0 Å². The van der Waals surface area contributed by atoms with E-state index in [0.29, 0.717) is 63.9 Å². The van der Waals surface area contributed by atoms with Crippen molar-refractivity contribution in [1.82, 2.24) is 30.0 Å². The quantitative estimate of drug-likeness (QED) is 0.0986. The van der Waals surface area contributed by atoms with Crippen LogP contribution in [-0.2, 0) is 22.7 Å².